The van der Waals surface area contributed by atoms with E-state index in [-0.39, 0.29) is 11.9 Å². The molecule has 0 spiro atoms. The van der Waals surface area contributed by atoms with Gasteiger partial charge >= 0.3 is 0 Å². The van der Waals surface area contributed by atoms with Gasteiger partial charge in [0.1, 0.15) is 6.61 Å². The Bertz CT molecular complexity index is 408. The summed E-state index contributed by atoms with van der Waals surface area (Å²) in [5, 5.41) is 3.17. The highest BCUT2D eigenvalue weighted by Gasteiger charge is 2.16. The summed E-state index contributed by atoms with van der Waals surface area (Å²) in [7, 11) is 1.65. The maximum atomic E-state index is 13.9. The Labute approximate surface area is 119 Å². The molecule has 112 valence electrons. The molecule has 20 heavy (non-hydrogen) atoms. The highest BCUT2D eigenvalue weighted by atomic mass is 19.1. The second-order valence-electron chi connectivity index (χ2n) is 4.88. The molecule has 1 aromatic rings. The molecule has 1 fully saturated rings. The third kappa shape index (κ3) is 4.74. The van der Waals surface area contributed by atoms with E-state index in [0.717, 1.165) is 31.6 Å². The van der Waals surface area contributed by atoms with E-state index in [1.807, 2.05) is 6.07 Å². The summed E-state index contributed by atoms with van der Waals surface area (Å²) in [6, 6.07) is 5.05. The van der Waals surface area contributed by atoms with Gasteiger partial charge < -0.3 is 19.5 Å². The molecule has 1 heterocycles. The van der Waals surface area contributed by atoms with Crippen LogP contribution in [0.25, 0.3) is 0 Å². The van der Waals surface area contributed by atoms with Crippen LogP contribution in [0.5, 0.6) is 5.75 Å². The van der Waals surface area contributed by atoms with Gasteiger partial charge in [0.25, 0.3) is 0 Å². The van der Waals surface area contributed by atoms with E-state index in [1.54, 1.807) is 13.2 Å². The first-order chi connectivity index (χ1) is 9.79. The van der Waals surface area contributed by atoms with E-state index in [2.05, 4.69) is 5.32 Å². The molecule has 0 amide bonds. The first-order valence-electron chi connectivity index (χ1n) is 7.02. The predicted molar refractivity (Wildman–Crippen MR) is 74.5 cm³/mol. The fourth-order valence-corrected chi connectivity index (χ4v) is 2.14. The molecule has 2 rings (SSSR count). The van der Waals surface area contributed by atoms with E-state index in [4.69, 9.17) is 14.2 Å². The Balaban J connectivity index is 1.78. The highest BCUT2D eigenvalue weighted by Crippen LogP contribution is 2.20. The number of halogens is 1. The second kappa shape index (κ2) is 8.19. The molecule has 1 aromatic carbocycles. The van der Waals surface area contributed by atoms with Gasteiger partial charge in [0.05, 0.1) is 12.7 Å². The van der Waals surface area contributed by atoms with Gasteiger partial charge in [-0.2, -0.15) is 0 Å². The van der Waals surface area contributed by atoms with E-state index in [1.165, 1.54) is 6.07 Å². The van der Waals surface area contributed by atoms with Crippen LogP contribution in [-0.4, -0.2) is 39.6 Å². The average molecular weight is 283 g/mol. The van der Waals surface area contributed by atoms with Crippen molar-refractivity contribution in [3.63, 3.8) is 0 Å². The van der Waals surface area contributed by atoms with Crippen LogP contribution in [0.15, 0.2) is 18.2 Å². The normalized spacial score (nSPS) is 18.4. The van der Waals surface area contributed by atoms with Gasteiger partial charge in [0.15, 0.2) is 11.6 Å². The zero-order valence-corrected chi connectivity index (χ0v) is 11.9. The van der Waals surface area contributed by atoms with Crippen molar-refractivity contribution < 1.29 is 18.6 Å². The van der Waals surface area contributed by atoms with E-state index in [9.17, 15) is 4.39 Å². The molecule has 0 radical (unpaired) electrons. The van der Waals surface area contributed by atoms with Gasteiger partial charge in [-0.05, 0) is 30.5 Å². The number of nitrogens with one attached hydrogen (secondary N) is 1. The Morgan fingerprint density at radius 1 is 1.45 bits per heavy atom. The zero-order valence-electron chi connectivity index (χ0n) is 11.9. The number of benzene rings is 1. The second-order valence-corrected chi connectivity index (χ2v) is 4.88. The Kier molecular flexibility index (Phi) is 6.24. The van der Waals surface area contributed by atoms with E-state index in [0.29, 0.717) is 25.5 Å². The quantitative estimate of drug-likeness (QED) is 0.742. The summed E-state index contributed by atoms with van der Waals surface area (Å²) in [4.78, 5) is 0. The average Bonchev–Trinajstić information content (AvgIpc) is 2.96. The molecule has 1 aliphatic heterocycles. The van der Waals surface area contributed by atoms with Gasteiger partial charge in [-0.3, -0.25) is 0 Å². The van der Waals surface area contributed by atoms with Gasteiger partial charge in [-0.15, -0.1) is 0 Å². The first-order valence-corrected chi connectivity index (χ1v) is 7.02. The van der Waals surface area contributed by atoms with Crippen LogP contribution >= 0.6 is 0 Å². The third-order valence-corrected chi connectivity index (χ3v) is 3.26. The molecule has 5 heteroatoms. The minimum atomic E-state index is -0.325. The fraction of sp³-hybridized carbons (Fsp3) is 0.600. The van der Waals surface area contributed by atoms with Crippen molar-refractivity contribution in [1.82, 2.24) is 5.32 Å². The standard InChI is InChI=1S/C15H22FNO3/c1-18-8-6-17-10-12-4-5-15(14(16)9-12)20-11-13-3-2-7-19-13/h4-5,9,13,17H,2-3,6-8,10-11H2,1H3. The summed E-state index contributed by atoms with van der Waals surface area (Å²) in [5.41, 5.74) is 0.892. The molecule has 1 N–H and O–H groups in total. The molecule has 0 saturated carbocycles. The van der Waals surface area contributed by atoms with Crippen molar-refractivity contribution in [2.45, 2.75) is 25.5 Å². The Morgan fingerprint density at radius 2 is 2.35 bits per heavy atom. The maximum Gasteiger partial charge on any atom is 0.165 e. The summed E-state index contributed by atoms with van der Waals surface area (Å²) >= 11 is 0. The summed E-state index contributed by atoms with van der Waals surface area (Å²) in [6.45, 7) is 3.21. The summed E-state index contributed by atoms with van der Waals surface area (Å²) in [6.07, 6.45) is 2.15. The third-order valence-electron chi connectivity index (χ3n) is 3.26. The number of methoxy groups -OCH3 is 1. The van der Waals surface area contributed by atoms with E-state index >= 15 is 0 Å². The van der Waals surface area contributed by atoms with Crippen molar-refractivity contribution in [1.29, 1.82) is 0 Å². The monoisotopic (exact) mass is 283 g/mol. The minimum absolute atomic E-state index is 0.102. The van der Waals surface area contributed by atoms with Gasteiger partial charge in [-0.1, -0.05) is 6.07 Å². The topological polar surface area (TPSA) is 39.7 Å². The molecular formula is C15H22FNO3. The van der Waals surface area contributed by atoms with Crippen molar-refractivity contribution in [2.75, 3.05) is 33.5 Å². The summed E-state index contributed by atoms with van der Waals surface area (Å²) < 4.78 is 29.7. The van der Waals surface area contributed by atoms with Crippen LogP contribution in [0.1, 0.15) is 18.4 Å². The molecule has 1 saturated heterocycles. The molecule has 1 unspecified atom stereocenters. The lowest BCUT2D eigenvalue weighted by atomic mass is 10.2. The number of hydrogen-bond donors (Lipinski definition) is 1. The lowest BCUT2D eigenvalue weighted by molar-refractivity contribution is 0.0665. The predicted octanol–water partition coefficient (Wildman–Crippen LogP) is 2.12. The lowest BCUT2D eigenvalue weighted by Crippen LogP contribution is -2.19. The number of hydrogen-bond acceptors (Lipinski definition) is 4. The van der Waals surface area contributed by atoms with Crippen LogP contribution < -0.4 is 10.1 Å². The highest BCUT2D eigenvalue weighted by molar-refractivity contribution is 5.29. The van der Waals surface area contributed by atoms with Crippen molar-refractivity contribution >= 4 is 0 Å². The molecule has 1 aliphatic rings. The smallest absolute Gasteiger partial charge is 0.165 e. The SMILES string of the molecule is COCCNCc1ccc(OCC2CCCO2)c(F)c1. The van der Waals surface area contributed by atoms with Crippen LogP contribution in [0.3, 0.4) is 0 Å². The van der Waals surface area contributed by atoms with Gasteiger partial charge in [-0.25, -0.2) is 4.39 Å². The lowest BCUT2D eigenvalue weighted by Gasteiger charge is -2.12. The maximum absolute atomic E-state index is 13.9. The van der Waals surface area contributed by atoms with Crippen LogP contribution in [0.4, 0.5) is 4.39 Å². The Hall–Kier alpha value is -1.17. The Morgan fingerprint density at radius 3 is 3.05 bits per heavy atom. The number of rotatable bonds is 8. The number of ether oxygens (including phenoxy) is 3. The van der Waals surface area contributed by atoms with Crippen LogP contribution in [0, 0.1) is 5.82 Å². The van der Waals surface area contributed by atoms with Crippen LogP contribution in [0.2, 0.25) is 0 Å². The largest absolute Gasteiger partial charge is 0.488 e. The van der Waals surface area contributed by atoms with Crippen molar-refractivity contribution in [2.24, 2.45) is 0 Å². The van der Waals surface area contributed by atoms with Gasteiger partial charge in [0.2, 0.25) is 0 Å². The first kappa shape index (κ1) is 15.2. The molecule has 1 atom stereocenters. The fourth-order valence-electron chi connectivity index (χ4n) is 2.14. The molecular weight excluding hydrogens is 261 g/mol. The van der Waals surface area contributed by atoms with E-state index < -0.39 is 0 Å². The van der Waals surface area contributed by atoms with Gasteiger partial charge in [0, 0.05) is 26.8 Å². The molecule has 0 bridgehead atoms. The molecule has 4 nitrogen and oxygen atoms in total. The molecule has 0 aliphatic carbocycles. The minimum Gasteiger partial charge on any atom is -0.488 e. The van der Waals surface area contributed by atoms with Crippen molar-refractivity contribution in [3.05, 3.63) is 29.6 Å². The molecule has 0 aromatic heterocycles. The summed E-state index contributed by atoms with van der Waals surface area (Å²) in [5.74, 6) is -0.0322. The zero-order chi connectivity index (χ0) is 14.2. The van der Waals surface area contributed by atoms with Crippen molar-refractivity contribution in [3.8, 4) is 5.75 Å². The van der Waals surface area contributed by atoms with Crippen LogP contribution in [-0.2, 0) is 16.0 Å².